The molecule has 1 heterocycles. The van der Waals surface area contributed by atoms with E-state index in [2.05, 4.69) is 31.4 Å². The van der Waals surface area contributed by atoms with E-state index in [0.717, 1.165) is 11.4 Å². The van der Waals surface area contributed by atoms with Crippen LogP contribution in [0.2, 0.25) is 5.02 Å². The summed E-state index contributed by atoms with van der Waals surface area (Å²) >= 11 is 9.16. The second-order valence-electron chi connectivity index (χ2n) is 3.89. The van der Waals surface area contributed by atoms with E-state index in [0.29, 0.717) is 20.7 Å². The van der Waals surface area contributed by atoms with Crippen LogP contribution >= 0.6 is 27.5 Å². The van der Waals surface area contributed by atoms with Crippen LogP contribution in [-0.4, -0.2) is 16.1 Å². The molecular weight excluding hydrogens is 318 g/mol. The van der Waals surface area contributed by atoms with Crippen LogP contribution in [0.4, 0.5) is 5.69 Å². The van der Waals surface area contributed by atoms with Crippen molar-refractivity contribution in [2.75, 3.05) is 5.32 Å². The molecule has 2 aromatic rings. The molecule has 0 atom stereocenters. The molecule has 0 saturated carbocycles. The summed E-state index contributed by atoms with van der Waals surface area (Å²) in [6.45, 7) is 3.68. The molecule has 18 heavy (non-hydrogen) atoms. The average molecular weight is 329 g/mol. The SMILES string of the molecule is Cc1n[nH]c(C)c1NC(=O)c1ccc(Cl)cc1Br. The quantitative estimate of drug-likeness (QED) is 0.883. The van der Waals surface area contributed by atoms with Crippen molar-refractivity contribution in [3.8, 4) is 0 Å². The van der Waals surface area contributed by atoms with E-state index in [1.807, 2.05) is 13.8 Å². The van der Waals surface area contributed by atoms with Gasteiger partial charge in [-0.25, -0.2) is 0 Å². The zero-order chi connectivity index (χ0) is 13.3. The highest BCUT2D eigenvalue weighted by Crippen LogP contribution is 2.23. The molecule has 0 radical (unpaired) electrons. The van der Waals surface area contributed by atoms with E-state index in [1.165, 1.54) is 0 Å². The van der Waals surface area contributed by atoms with Crippen molar-refractivity contribution in [2.45, 2.75) is 13.8 Å². The number of carbonyl (C=O) groups excluding carboxylic acids is 1. The number of benzene rings is 1. The number of nitrogens with zero attached hydrogens (tertiary/aromatic N) is 1. The fraction of sp³-hybridized carbons (Fsp3) is 0.167. The topological polar surface area (TPSA) is 57.8 Å². The molecule has 1 amide bonds. The number of aromatic nitrogens is 2. The minimum atomic E-state index is -0.203. The van der Waals surface area contributed by atoms with Crippen molar-refractivity contribution >= 4 is 39.1 Å². The molecule has 2 N–H and O–H groups in total. The van der Waals surface area contributed by atoms with Gasteiger partial charge in [-0.1, -0.05) is 11.6 Å². The molecule has 0 spiro atoms. The van der Waals surface area contributed by atoms with Gasteiger partial charge in [-0.05, 0) is 48.0 Å². The van der Waals surface area contributed by atoms with Gasteiger partial charge in [-0.15, -0.1) is 0 Å². The van der Waals surface area contributed by atoms with Crippen LogP contribution in [0.5, 0.6) is 0 Å². The Morgan fingerprint density at radius 2 is 2.17 bits per heavy atom. The van der Waals surface area contributed by atoms with Crippen molar-refractivity contribution < 1.29 is 4.79 Å². The number of carbonyl (C=O) groups is 1. The van der Waals surface area contributed by atoms with Crippen LogP contribution in [0.15, 0.2) is 22.7 Å². The molecule has 1 aromatic heterocycles. The minimum Gasteiger partial charge on any atom is -0.319 e. The van der Waals surface area contributed by atoms with Crippen molar-refractivity contribution in [1.82, 2.24) is 10.2 Å². The molecule has 0 unspecified atom stereocenters. The van der Waals surface area contributed by atoms with Gasteiger partial charge in [0.2, 0.25) is 0 Å². The van der Waals surface area contributed by atoms with Crippen LogP contribution in [0.25, 0.3) is 0 Å². The van der Waals surface area contributed by atoms with Crippen molar-refractivity contribution in [1.29, 1.82) is 0 Å². The van der Waals surface area contributed by atoms with Gasteiger partial charge < -0.3 is 5.32 Å². The number of amides is 1. The van der Waals surface area contributed by atoms with Crippen LogP contribution in [-0.2, 0) is 0 Å². The van der Waals surface area contributed by atoms with Crippen LogP contribution in [0.3, 0.4) is 0 Å². The fourth-order valence-corrected chi connectivity index (χ4v) is 2.45. The molecule has 0 aliphatic heterocycles. The van der Waals surface area contributed by atoms with Crippen LogP contribution < -0.4 is 5.32 Å². The van der Waals surface area contributed by atoms with Crippen molar-refractivity contribution in [3.63, 3.8) is 0 Å². The summed E-state index contributed by atoms with van der Waals surface area (Å²) in [6.07, 6.45) is 0. The molecule has 0 aliphatic rings. The average Bonchev–Trinajstić information content (AvgIpc) is 2.60. The Balaban J connectivity index is 2.28. The molecule has 0 saturated heterocycles. The molecule has 0 fully saturated rings. The van der Waals surface area contributed by atoms with Gasteiger partial charge in [-0.2, -0.15) is 5.10 Å². The highest BCUT2D eigenvalue weighted by Gasteiger charge is 2.14. The lowest BCUT2D eigenvalue weighted by Crippen LogP contribution is -2.13. The summed E-state index contributed by atoms with van der Waals surface area (Å²) in [4.78, 5) is 12.1. The Morgan fingerprint density at radius 1 is 1.44 bits per heavy atom. The molecule has 2 rings (SSSR count). The van der Waals surface area contributed by atoms with Crippen LogP contribution in [0.1, 0.15) is 21.7 Å². The van der Waals surface area contributed by atoms with E-state index in [1.54, 1.807) is 18.2 Å². The number of hydrogen-bond donors (Lipinski definition) is 2. The van der Waals surface area contributed by atoms with Gasteiger partial charge in [0.05, 0.1) is 22.6 Å². The predicted octanol–water partition coefficient (Wildman–Crippen LogP) is 3.69. The Hall–Kier alpha value is -1.33. The smallest absolute Gasteiger partial charge is 0.256 e. The Bertz CT molecular complexity index is 590. The lowest BCUT2D eigenvalue weighted by atomic mass is 10.2. The first-order chi connectivity index (χ1) is 8.49. The molecule has 94 valence electrons. The van der Waals surface area contributed by atoms with Gasteiger partial charge >= 0.3 is 0 Å². The van der Waals surface area contributed by atoms with Gasteiger partial charge in [0, 0.05) is 9.50 Å². The van der Waals surface area contributed by atoms with E-state index < -0.39 is 0 Å². The normalized spacial score (nSPS) is 10.4. The largest absolute Gasteiger partial charge is 0.319 e. The van der Waals surface area contributed by atoms with E-state index in [-0.39, 0.29) is 5.91 Å². The number of rotatable bonds is 2. The zero-order valence-electron chi connectivity index (χ0n) is 9.84. The first-order valence-electron chi connectivity index (χ1n) is 5.27. The number of H-pyrrole nitrogens is 1. The Kier molecular flexibility index (Phi) is 3.73. The Morgan fingerprint density at radius 3 is 2.72 bits per heavy atom. The molecule has 6 heteroatoms. The molecule has 4 nitrogen and oxygen atoms in total. The van der Waals surface area contributed by atoms with Gasteiger partial charge in [-0.3, -0.25) is 9.89 Å². The third-order valence-corrected chi connectivity index (χ3v) is 3.43. The maximum Gasteiger partial charge on any atom is 0.256 e. The third kappa shape index (κ3) is 2.57. The second kappa shape index (κ2) is 5.12. The highest BCUT2D eigenvalue weighted by atomic mass is 79.9. The van der Waals surface area contributed by atoms with Crippen molar-refractivity contribution in [3.05, 3.63) is 44.6 Å². The number of anilines is 1. The Labute approximate surface area is 118 Å². The fourth-order valence-electron chi connectivity index (χ4n) is 1.59. The lowest BCUT2D eigenvalue weighted by Gasteiger charge is -2.07. The number of halogens is 2. The molecular formula is C12H11BrClN3O. The molecule has 0 aliphatic carbocycles. The zero-order valence-corrected chi connectivity index (χ0v) is 12.2. The first kappa shape index (κ1) is 13.1. The predicted molar refractivity (Wildman–Crippen MR) is 75.2 cm³/mol. The number of aromatic amines is 1. The maximum absolute atomic E-state index is 12.1. The third-order valence-electron chi connectivity index (χ3n) is 2.54. The summed E-state index contributed by atoms with van der Waals surface area (Å²) in [5.74, 6) is -0.203. The lowest BCUT2D eigenvalue weighted by molar-refractivity contribution is 0.102. The number of hydrogen-bond acceptors (Lipinski definition) is 2. The number of aryl methyl sites for hydroxylation is 2. The summed E-state index contributed by atoms with van der Waals surface area (Å²) < 4.78 is 0.659. The van der Waals surface area contributed by atoms with Gasteiger partial charge in [0.15, 0.2) is 0 Å². The summed E-state index contributed by atoms with van der Waals surface area (Å²) in [5.41, 5.74) is 2.82. The minimum absolute atomic E-state index is 0.203. The van der Waals surface area contributed by atoms with Gasteiger partial charge in [0.25, 0.3) is 5.91 Å². The maximum atomic E-state index is 12.1. The first-order valence-corrected chi connectivity index (χ1v) is 6.44. The molecule has 1 aromatic carbocycles. The van der Waals surface area contributed by atoms with E-state index in [4.69, 9.17) is 11.6 Å². The monoisotopic (exact) mass is 327 g/mol. The van der Waals surface area contributed by atoms with E-state index >= 15 is 0 Å². The van der Waals surface area contributed by atoms with E-state index in [9.17, 15) is 4.79 Å². The van der Waals surface area contributed by atoms with Crippen molar-refractivity contribution in [2.24, 2.45) is 0 Å². The second-order valence-corrected chi connectivity index (χ2v) is 5.18. The van der Waals surface area contributed by atoms with Gasteiger partial charge in [0.1, 0.15) is 0 Å². The summed E-state index contributed by atoms with van der Waals surface area (Å²) in [5, 5.41) is 10.3. The highest BCUT2D eigenvalue weighted by molar-refractivity contribution is 9.10. The standard InChI is InChI=1S/C12H11BrClN3O/c1-6-11(7(2)17-16-6)15-12(18)9-4-3-8(14)5-10(9)13/h3-5H,1-2H3,(H,15,18)(H,16,17). The number of nitrogens with one attached hydrogen (secondary N) is 2. The van der Waals surface area contributed by atoms with Crippen LogP contribution in [0, 0.1) is 13.8 Å². The molecule has 0 bridgehead atoms. The summed E-state index contributed by atoms with van der Waals surface area (Å²) in [7, 11) is 0. The summed E-state index contributed by atoms with van der Waals surface area (Å²) in [6, 6.07) is 5.04.